The fraction of sp³-hybridized carbons (Fsp3) is 0.250. The summed E-state index contributed by atoms with van der Waals surface area (Å²) >= 11 is 8.03. The van der Waals surface area contributed by atoms with Crippen molar-refractivity contribution in [1.82, 2.24) is 10.2 Å². The van der Waals surface area contributed by atoms with Crippen LogP contribution in [0.3, 0.4) is 0 Å². The molecule has 0 aliphatic heterocycles. The van der Waals surface area contributed by atoms with Crippen molar-refractivity contribution < 1.29 is 0 Å². The maximum absolute atomic E-state index is 6.91. The molecule has 3 N–H and O–H groups in total. The van der Waals surface area contributed by atoms with E-state index in [9.17, 15) is 0 Å². The fourth-order valence-electron chi connectivity index (χ4n) is 0.431. The van der Waals surface area contributed by atoms with Gasteiger partial charge in [0.15, 0.2) is 5.17 Å². The Hall–Kier alpha value is -0.330. The first-order valence-corrected chi connectivity index (χ1v) is 4.81. The van der Waals surface area contributed by atoms with Crippen LogP contribution in [0.5, 0.6) is 0 Å². The maximum Gasteiger partial charge on any atom is 0.207 e. The van der Waals surface area contributed by atoms with E-state index >= 15 is 0 Å². The van der Waals surface area contributed by atoms with E-state index in [-0.39, 0.29) is 5.17 Å². The van der Waals surface area contributed by atoms with Crippen molar-refractivity contribution in [3.8, 4) is 0 Å². The van der Waals surface area contributed by atoms with Crippen molar-refractivity contribution in [1.29, 1.82) is 5.41 Å². The zero-order chi connectivity index (χ0) is 8.27. The van der Waals surface area contributed by atoms with Crippen molar-refractivity contribution in [2.45, 2.75) is 5.75 Å². The molecule has 1 aromatic rings. The molecule has 4 nitrogen and oxygen atoms in total. The Morgan fingerprint density at radius 2 is 2.45 bits per heavy atom. The van der Waals surface area contributed by atoms with Gasteiger partial charge in [-0.25, -0.2) is 0 Å². The predicted molar refractivity (Wildman–Crippen MR) is 48.1 cm³/mol. The van der Waals surface area contributed by atoms with Gasteiger partial charge in [0.05, 0.1) is 5.75 Å². The Labute approximate surface area is 76.7 Å². The van der Waals surface area contributed by atoms with E-state index in [1.807, 2.05) is 0 Å². The van der Waals surface area contributed by atoms with E-state index in [0.717, 1.165) is 5.01 Å². The van der Waals surface area contributed by atoms with Gasteiger partial charge < -0.3 is 5.73 Å². The summed E-state index contributed by atoms with van der Waals surface area (Å²) in [6.07, 6.45) is 0. The summed E-state index contributed by atoms with van der Waals surface area (Å²) in [6.45, 7) is 0. The lowest BCUT2D eigenvalue weighted by Crippen LogP contribution is -2.03. The van der Waals surface area contributed by atoms with Crippen LogP contribution in [-0.2, 0) is 5.75 Å². The minimum absolute atomic E-state index is 0.0799. The number of aromatic nitrogens is 2. The molecule has 0 aliphatic rings. The molecule has 0 saturated carbocycles. The second-order valence-corrected chi connectivity index (χ2v) is 4.26. The zero-order valence-corrected chi connectivity index (χ0v) is 7.76. The van der Waals surface area contributed by atoms with Gasteiger partial charge in [-0.3, -0.25) is 5.41 Å². The quantitative estimate of drug-likeness (QED) is 0.568. The van der Waals surface area contributed by atoms with Gasteiger partial charge in [0.2, 0.25) is 4.47 Å². The van der Waals surface area contributed by atoms with Gasteiger partial charge >= 0.3 is 0 Å². The van der Waals surface area contributed by atoms with Crippen LogP contribution in [0.4, 0.5) is 0 Å². The van der Waals surface area contributed by atoms with Crippen LogP contribution in [0.25, 0.3) is 0 Å². The van der Waals surface area contributed by atoms with E-state index in [1.54, 1.807) is 0 Å². The lowest BCUT2D eigenvalue weighted by molar-refractivity contribution is 1.04. The van der Waals surface area contributed by atoms with Crippen LogP contribution in [-0.4, -0.2) is 15.4 Å². The van der Waals surface area contributed by atoms with Crippen molar-refractivity contribution >= 4 is 39.9 Å². The molecular weight excluding hydrogens is 204 g/mol. The van der Waals surface area contributed by atoms with Crippen molar-refractivity contribution in [2.75, 3.05) is 0 Å². The molecule has 0 atom stereocenters. The van der Waals surface area contributed by atoms with Gasteiger partial charge in [0, 0.05) is 0 Å². The molecule has 1 heterocycles. The van der Waals surface area contributed by atoms with Crippen LogP contribution < -0.4 is 5.73 Å². The number of amidine groups is 1. The first-order valence-electron chi connectivity index (χ1n) is 2.63. The molecule has 0 bridgehead atoms. The lowest BCUT2D eigenvalue weighted by Gasteiger charge is -1.90. The topological polar surface area (TPSA) is 75.7 Å². The summed E-state index contributed by atoms with van der Waals surface area (Å²) in [5.41, 5.74) is 5.12. The third-order valence-electron chi connectivity index (χ3n) is 0.793. The predicted octanol–water partition coefficient (Wildman–Crippen LogP) is 1.32. The standard InChI is InChI=1S/C4H5ClN4S2/c5-3-9-8-2(11-3)1-10-4(6)7/h1H2,(H3,6,7). The van der Waals surface area contributed by atoms with Crippen LogP contribution in [0, 0.1) is 5.41 Å². The number of thioether (sulfide) groups is 1. The highest BCUT2D eigenvalue weighted by Gasteiger charge is 2.01. The molecule has 0 spiro atoms. The molecular formula is C4H5ClN4S2. The van der Waals surface area contributed by atoms with Gasteiger partial charge in [0.25, 0.3) is 0 Å². The van der Waals surface area contributed by atoms with Crippen molar-refractivity contribution in [2.24, 2.45) is 5.73 Å². The molecule has 0 unspecified atom stereocenters. The smallest absolute Gasteiger partial charge is 0.207 e. The van der Waals surface area contributed by atoms with Gasteiger partial charge in [0.1, 0.15) is 5.01 Å². The first-order chi connectivity index (χ1) is 5.18. The maximum atomic E-state index is 6.91. The summed E-state index contributed by atoms with van der Waals surface area (Å²) in [5, 5.41) is 15.1. The molecule has 7 heteroatoms. The van der Waals surface area contributed by atoms with Gasteiger partial charge in [-0.1, -0.05) is 23.1 Å². The van der Waals surface area contributed by atoms with E-state index in [4.69, 9.17) is 22.7 Å². The monoisotopic (exact) mass is 208 g/mol. The molecule has 1 aromatic heterocycles. The number of hydrogen-bond acceptors (Lipinski definition) is 5. The highest BCUT2D eigenvalue weighted by Crippen LogP contribution is 2.19. The van der Waals surface area contributed by atoms with Crippen LogP contribution in [0.1, 0.15) is 5.01 Å². The third kappa shape index (κ3) is 3.04. The van der Waals surface area contributed by atoms with Gasteiger partial charge in [-0.15, -0.1) is 10.2 Å². The molecule has 0 saturated heterocycles. The second-order valence-electron chi connectivity index (χ2n) is 1.60. The molecule has 0 aromatic carbocycles. The normalized spacial score (nSPS) is 9.91. The number of nitrogens with two attached hydrogens (primary N) is 1. The summed E-state index contributed by atoms with van der Waals surface area (Å²) in [5.74, 6) is 0.569. The number of nitrogens with zero attached hydrogens (tertiary/aromatic N) is 2. The molecule has 0 amide bonds. The Morgan fingerprint density at radius 1 is 1.73 bits per heavy atom. The minimum Gasteiger partial charge on any atom is -0.379 e. The van der Waals surface area contributed by atoms with Crippen molar-refractivity contribution in [3.05, 3.63) is 9.47 Å². The molecule has 11 heavy (non-hydrogen) atoms. The SMILES string of the molecule is N=C(N)SCc1nnc(Cl)s1. The van der Waals surface area contributed by atoms with Crippen LogP contribution in [0.2, 0.25) is 4.47 Å². The van der Waals surface area contributed by atoms with E-state index in [0.29, 0.717) is 10.2 Å². The molecule has 60 valence electrons. The first kappa shape index (κ1) is 8.76. The van der Waals surface area contributed by atoms with Gasteiger partial charge in [-0.2, -0.15) is 0 Å². The molecule has 0 fully saturated rings. The molecule has 0 radical (unpaired) electrons. The number of rotatable bonds is 2. The lowest BCUT2D eigenvalue weighted by atomic mass is 10.9. The summed E-state index contributed by atoms with van der Waals surface area (Å²) in [6, 6.07) is 0. The Morgan fingerprint density at radius 3 is 2.91 bits per heavy atom. The number of hydrogen-bond donors (Lipinski definition) is 2. The minimum atomic E-state index is 0.0799. The summed E-state index contributed by atoms with van der Waals surface area (Å²) < 4.78 is 0.421. The van der Waals surface area contributed by atoms with E-state index in [1.165, 1.54) is 23.1 Å². The van der Waals surface area contributed by atoms with Crippen LogP contribution in [0.15, 0.2) is 0 Å². The van der Waals surface area contributed by atoms with E-state index in [2.05, 4.69) is 10.2 Å². The number of halogens is 1. The second kappa shape index (κ2) is 3.89. The Balaban J connectivity index is 2.45. The average molecular weight is 209 g/mol. The summed E-state index contributed by atoms with van der Waals surface area (Å²) in [4.78, 5) is 0. The fourth-order valence-corrected chi connectivity index (χ4v) is 1.84. The third-order valence-corrected chi connectivity index (χ3v) is 2.72. The molecule has 0 aliphatic carbocycles. The zero-order valence-electron chi connectivity index (χ0n) is 5.37. The van der Waals surface area contributed by atoms with Gasteiger partial charge in [-0.05, 0) is 11.6 Å². The van der Waals surface area contributed by atoms with Crippen molar-refractivity contribution in [3.63, 3.8) is 0 Å². The van der Waals surface area contributed by atoms with Crippen LogP contribution >= 0.6 is 34.7 Å². The highest BCUT2D eigenvalue weighted by atomic mass is 35.5. The Bertz CT molecular complexity index is 260. The largest absolute Gasteiger partial charge is 0.379 e. The highest BCUT2D eigenvalue weighted by molar-refractivity contribution is 8.13. The average Bonchev–Trinajstić information content (AvgIpc) is 2.31. The van der Waals surface area contributed by atoms with E-state index < -0.39 is 0 Å². The number of nitrogens with one attached hydrogen (secondary N) is 1. The molecule has 1 rings (SSSR count). The summed E-state index contributed by atoms with van der Waals surface area (Å²) in [7, 11) is 0. The Kier molecular flexibility index (Phi) is 3.10.